The van der Waals surface area contributed by atoms with Gasteiger partial charge in [0.15, 0.2) is 0 Å². The second-order valence-electron chi connectivity index (χ2n) is 5.27. The molecule has 9 heteroatoms. The van der Waals surface area contributed by atoms with Crippen molar-refractivity contribution in [3.05, 3.63) is 34.7 Å². The molecule has 1 heterocycles. The molecule has 0 aliphatic rings. The lowest BCUT2D eigenvalue weighted by Gasteiger charge is -2.08. The third kappa shape index (κ3) is 5.45. The van der Waals surface area contributed by atoms with Gasteiger partial charge in [-0.2, -0.15) is 0 Å². The predicted octanol–water partition coefficient (Wildman–Crippen LogP) is 0.302. The zero-order valence-electron chi connectivity index (χ0n) is 13.7. The molecule has 0 radical (unpaired) electrons. The fraction of sp³-hybridized carbons (Fsp3) is 0.533. The molecule has 0 unspecified atom stereocenters. The molecule has 8 nitrogen and oxygen atoms in total. The van der Waals surface area contributed by atoms with Gasteiger partial charge in [-0.15, -0.1) is 0 Å². The van der Waals surface area contributed by atoms with Crippen LogP contribution >= 0.6 is 0 Å². The Morgan fingerprint density at radius 1 is 1.21 bits per heavy atom. The third-order valence-electron chi connectivity index (χ3n) is 3.49. The topological polar surface area (TPSA) is 102 Å². The predicted molar refractivity (Wildman–Crippen MR) is 91.7 cm³/mol. The maximum atomic E-state index is 11.9. The van der Waals surface area contributed by atoms with Gasteiger partial charge in [0.2, 0.25) is 10.0 Å². The first-order valence-corrected chi connectivity index (χ1v) is 9.40. The van der Waals surface area contributed by atoms with Crippen LogP contribution in [-0.2, 0) is 26.0 Å². The van der Waals surface area contributed by atoms with E-state index in [1.54, 1.807) is 11.7 Å². The van der Waals surface area contributed by atoms with Gasteiger partial charge in [0.25, 0.3) is 0 Å². The molecule has 0 fully saturated rings. The summed E-state index contributed by atoms with van der Waals surface area (Å²) in [6.45, 7) is 1.64. The molecule has 1 aromatic heterocycles. The van der Waals surface area contributed by atoms with Crippen LogP contribution in [0.5, 0.6) is 0 Å². The van der Waals surface area contributed by atoms with Gasteiger partial charge >= 0.3 is 5.69 Å². The number of nitrogens with zero attached hydrogens (tertiary/aromatic N) is 1. The van der Waals surface area contributed by atoms with Crippen molar-refractivity contribution in [2.24, 2.45) is 0 Å². The van der Waals surface area contributed by atoms with E-state index in [1.807, 2.05) is 24.3 Å². The molecule has 2 N–H and O–H groups in total. The van der Waals surface area contributed by atoms with Gasteiger partial charge in [0.05, 0.1) is 36.6 Å². The van der Waals surface area contributed by atoms with Crippen molar-refractivity contribution >= 4 is 21.1 Å². The number of imidazole rings is 1. The summed E-state index contributed by atoms with van der Waals surface area (Å²) in [7, 11) is -1.82. The van der Waals surface area contributed by atoms with Crippen molar-refractivity contribution in [3.63, 3.8) is 0 Å². The summed E-state index contributed by atoms with van der Waals surface area (Å²) in [6, 6.07) is 7.40. The number of benzene rings is 1. The summed E-state index contributed by atoms with van der Waals surface area (Å²) in [6.07, 6.45) is 0.519. The lowest BCUT2D eigenvalue weighted by molar-refractivity contribution is 0.0784. The van der Waals surface area contributed by atoms with E-state index < -0.39 is 10.0 Å². The number of para-hydroxylation sites is 2. The van der Waals surface area contributed by atoms with Crippen molar-refractivity contribution < 1.29 is 17.9 Å². The van der Waals surface area contributed by atoms with E-state index in [-0.39, 0.29) is 24.6 Å². The molecule has 0 atom stereocenters. The molecule has 0 saturated carbocycles. The van der Waals surface area contributed by atoms with Gasteiger partial charge < -0.3 is 14.5 Å². The molecule has 0 amide bonds. The number of rotatable bonds is 11. The zero-order chi connectivity index (χ0) is 17.4. The van der Waals surface area contributed by atoms with Gasteiger partial charge in [0.1, 0.15) is 0 Å². The van der Waals surface area contributed by atoms with Crippen LogP contribution in [0.4, 0.5) is 0 Å². The van der Waals surface area contributed by atoms with Crippen LogP contribution in [0.1, 0.15) is 6.42 Å². The van der Waals surface area contributed by atoms with Crippen molar-refractivity contribution in [3.8, 4) is 0 Å². The van der Waals surface area contributed by atoms with Crippen LogP contribution in [0.3, 0.4) is 0 Å². The quantitative estimate of drug-likeness (QED) is 0.563. The molecule has 0 aliphatic carbocycles. The van der Waals surface area contributed by atoms with E-state index in [0.29, 0.717) is 26.2 Å². The number of ether oxygens (including phenoxy) is 2. The Morgan fingerprint density at radius 2 is 2.00 bits per heavy atom. The summed E-state index contributed by atoms with van der Waals surface area (Å²) in [5.41, 5.74) is 1.40. The summed E-state index contributed by atoms with van der Waals surface area (Å²) in [5.74, 6) is -0.0935. The number of sulfonamides is 1. The fourth-order valence-corrected chi connectivity index (χ4v) is 3.22. The lowest BCUT2D eigenvalue weighted by Crippen LogP contribution is -2.30. The molecular formula is C15H23N3O5S. The second kappa shape index (κ2) is 8.97. The Kier molecular flexibility index (Phi) is 6.98. The van der Waals surface area contributed by atoms with Crippen molar-refractivity contribution in [2.45, 2.75) is 13.0 Å². The van der Waals surface area contributed by atoms with E-state index in [2.05, 4.69) is 9.71 Å². The summed E-state index contributed by atoms with van der Waals surface area (Å²) in [5, 5.41) is 0. The molecule has 24 heavy (non-hydrogen) atoms. The first-order valence-electron chi connectivity index (χ1n) is 7.75. The summed E-state index contributed by atoms with van der Waals surface area (Å²) >= 11 is 0. The van der Waals surface area contributed by atoms with Crippen LogP contribution in [-0.4, -0.2) is 57.2 Å². The molecule has 0 bridgehead atoms. The van der Waals surface area contributed by atoms with Crippen LogP contribution in [0, 0.1) is 0 Å². The number of H-pyrrole nitrogens is 1. The van der Waals surface area contributed by atoms with E-state index in [0.717, 1.165) is 11.0 Å². The van der Waals surface area contributed by atoms with Crippen LogP contribution in [0.2, 0.25) is 0 Å². The minimum absolute atomic E-state index is 0.0935. The first kappa shape index (κ1) is 18.7. The van der Waals surface area contributed by atoms with Crippen LogP contribution in [0.15, 0.2) is 29.1 Å². The van der Waals surface area contributed by atoms with Crippen molar-refractivity contribution in [1.82, 2.24) is 14.3 Å². The molecular weight excluding hydrogens is 334 g/mol. The zero-order valence-corrected chi connectivity index (χ0v) is 14.5. The molecule has 0 saturated heterocycles. The van der Waals surface area contributed by atoms with Gasteiger partial charge in [0, 0.05) is 20.2 Å². The van der Waals surface area contributed by atoms with Gasteiger partial charge in [-0.1, -0.05) is 12.1 Å². The van der Waals surface area contributed by atoms with Crippen molar-refractivity contribution in [2.75, 3.05) is 39.2 Å². The summed E-state index contributed by atoms with van der Waals surface area (Å²) < 4.78 is 37.7. The minimum atomic E-state index is -3.37. The lowest BCUT2D eigenvalue weighted by atomic mass is 10.3. The Hall–Kier alpha value is -1.68. The Labute approximate surface area is 140 Å². The Balaban J connectivity index is 1.75. The highest BCUT2D eigenvalue weighted by Gasteiger charge is 2.10. The Morgan fingerprint density at radius 3 is 2.79 bits per heavy atom. The fourth-order valence-electron chi connectivity index (χ4n) is 2.28. The van der Waals surface area contributed by atoms with E-state index in [1.165, 1.54) is 0 Å². The van der Waals surface area contributed by atoms with Gasteiger partial charge in [-0.25, -0.2) is 17.9 Å². The second-order valence-corrected chi connectivity index (χ2v) is 7.20. The highest BCUT2D eigenvalue weighted by atomic mass is 32.2. The highest BCUT2D eigenvalue weighted by molar-refractivity contribution is 7.89. The highest BCUT2D eigenvalue weighted by Crippen LogP contribution is 2.09. The summed E-state index contributed by atoms with van der Waals surface area (Å²) in [4.78, 5) is 14.7. The Bertz CT molecular complexity index is 797. The molecule has 2 rings (SSSR count). The van der Waals surface area contributed by atoms with Crippen molar-refractivity contribution in [1.29, 1.82) is 0 Å². The van der Waals surface area contributed by atoms with Crippen LogP contribution in [0.25, 0.3) is 11.0 Å². The average molecular weight is 357 g/mol. The smallest absolute Gasteiger partial charge is 0.326 e. The average Bonchev–Trinajstić information content (AvgIpc) is 2.87. The number of aromatic amines is 1. The maximum absolute atomic E-state index is 11.9. The van der Waals surface area contributed by atoms with E-state index in [4.69, 9.17) is 9.47 Å². The normalized spacial score (nSPS) is 12.0. The number of methoxy groups -OCH3 is 1. The number of nitrogens with one attached hydrogen (secondary N) is 2. The standard InChI is InChI=1S/C15H23N3O5S/c1-22-9-10-23-11-12-24(20,21)16-7-4-8-18-14-6-3-2-5-13(14)17-15(18)19/h2-3,5-6,16H,4,7-12H2,1H3,(H,17,19). The minimum Gasteiger partial charge on any atom is -0.382 e. The largest absolute Gasteiger partial charge is 0.382 e. The SMILES string of the molecule is COCCOCCS(=O)(=O)NCCCn1c(=O)[nH]c2ccccc21. The maximum Gasteiger partial charge on any atom is 0.326 e. The van der Waals surface area contributed by atoms with Crippen LogP contribution < -0.4 is 10.4 Å². The number of aryl methyl sites for hydroxylation is 1. The molecule has 2 aromatic rings. The molecule has 1 aromatic carbocycles. The van der Waals surface area contributed by atoms with Gasteiger partial charge in [-0.3, -0.25) is 4.57 Å². The number of hydrogen-bond donors (Lipinski definition) is 2. The van der Waals surface area contributed by atoms with E-state index >= 15 is 0 Å². The monoisotopic (exact) mass is 357 g/mol. The first-order chi connectivity index (χ1) is 11.5. The number of aromatic nitrogens is 2. The molecule has 134 valence electrons. The number of fused-ring (bicyclic) bond motifs is 1. The third-order valence-corrected chi connectivity index (χ3v) is 4.84. The molecule has 0 spiro atoms. The van der Waals surface area contributed by atoms with E-state index in [9.17, 15) is 13.2 Å². The molecule has 0 aliphatic heterocycles. The number of hydrogen-bond acceptors (Lipinski definition) is 5. The van der Waals surface area contributed by atoms with Gasteiger partial charge in [-0.05, 0) is 18.6 Å².